The van der Waals surface area contributed by atoms with Crippen LogP contribution in [-0.4, -0.2) is 69.2 Å². The maximum atomic E-state index is 15.2. The molecule has 9 nitrogen and oxygen atoms in total. The number of amides is 2. The Balaban J connectivity index is 1.53. The maximum Gasteiger partial charge on any atom is 0.415 e. The maximum absolute atomic E-state index is 15.2. The van der Waals surface area contributed by atoms with Crippen molar-refractivity contribution in [2.24, 2.45) is 0 Å². The number of ether oxygens (including phenoxy) is 1. The average Bonchev–Trinajstić information content (AvgIpc) is 3.21. The lowest BCUT2D eigenvalue weighted by Gasteiger charge is -2.32. The van der Waals surface area contributed by atoms with Crippen molar-refractivity contribution in [3.8, 4) is 0 Å². The van der Waals surface area contributed by atoms with E-state index in [1.54, 1.807) is 29.6 Å². The van der Waals surface area contributed by atoms with Crippen molar-refractivity contribution in [1.29, 1.82) is 0 Å². The second kappa shape index (κ2) is 10.1. The molecule has 1 aliphatic heterocycles. The SMILES string of the molecule is [C-]#[N+]C(C)(C)OC(=O)N1CCC(n2cc(F)c3c(Cc4ccc(C(=O)N(C)C)cc4F)ncnc32)CC1. The smallest absolute Gasteiger partial charge is 0.373 e. The zero-order valence-electron chi connectivity index (χ0n) is 21.2. The molecule has 37 heavy (non-hydrogen) atoms. The fourth-order valence-corrected chi connectivity index (χ4v) is 4.40. The van der Waals surface area contributed by atoms with Crippen molar-refractivity contribution in [2.75, 3.05) is 27.2 Å². The van der Waals surface area contributed by atoms with Gasteiger partial charge in [0.2, 0.25) is 0 Å². The molecule has 0 N–H and O–H groups in total. The van der Waals surface area contributed by atoms with Gasteiger partial charge < -0.3 is 19.1 Å². The summed E-state index contributed by atoms with van der Waals surface area (Å²) in [4.78, 5) is 39.2. The molecule has 0 unspecified atom stereocenters. The molecule has 0 atom stereocenters. The molecular formula is C26H28F2N6O3. The molecule has 2 amide bonds. The summed E-state index contributed by atoms with van der Waals surface area (Å²) in [6, 6.07) is 4.12. The molecule has 0 saturated carbocycles. The number of hydrogen-bond donors (Lipinski definition) is 0. The van der Waals surface area contributed by atoms with E-state index in [0.29, 0.717) is 37.3 Å². The molecule has 3 heterocycles. The molecule has 11 heteroatoms. The molecule has 1 fully saturated rings. The number of halogens is 2. The van der Waals surface area contributed by atoms with Gasteiger partial charge in [0.05, 0.1) is 24.9 Å². The van der Waals surface area contributed by atoms with Crippen LogP contribution in [0.25, 0.3) is 15.9 Å². The highest BCUT2D eigenvalue weighted by Gasteiger charge is 2.33. The van der Waals surface area contributed by atoms with Crippen molar-refractivity contribution in [3.63, 3.8) is 0 Å². The van der Waals surface area contributed by atoms with Crippen LogP contribution in [0.15, 0.2) is 30.7 Å². The van der Waals surface area contributed by atoms with Gasteiger partial charge in [-0.1, -0.05) is 6.07 Å². The molecule has 1 saturated heterocycles. The van der Waals surface area contributed by atoms with E-state index < -0.39 is 23.5 Å². The van der Waals surface area contributed by atoms with Crippen molar-refractivity contribution in [3.05, 3.63) is 70.6 Å². The van der Waals surface area contributed by atoms with Gasteiger partial charge in [0.25, 0.3) is 5.91 Å². The number of carbonyl (C=O) groups is 2. The van der Waals surface area contributed by atoms with Crippen LogP contribution in [0.5, 0.6) is 0 Å². The van der Waals surface area contributed by atoms with Gasteiger partial charge in [-0.15, -0.1) is 0 Å². The largest absolute Gasteiger partial charge is 0.415 e. The lowest BCUT2D eigenvalue weighted by molar-refractivity contribution is 0.0325. The van der Waals surface area contributed by atoms with Gasteiger partial charge >= 0.3 is 11.8 Å². The monoisotopic (exact) mass is 510 g/mol. The van der Waals surface area contributed by atoms with Crippen LogP contribution < -0.4 is 0 Å². The van der Waals surface area contributed by atoms with Crippen molar-refractivity contribution < 1.29 is 23.1 Å². The summed E-state index contributed by atoms with van der Waals surface area (Å²) in [6.07, 6.45) is 3.28. The Kier molecular flexibility index (Phi) is 7.12. The van der Waals surface area contributed by atoms with Gasteiger partial charge in [-0.25, -0.2) is 30.1 Å². The van der Waals surface area contributed by atoms with Crippen LogP contribution in [0.2, 0.25) is 0 Å². The molecule has 0 aliphatic carbocycles. The van der Waals surface area contributed by atoms with E-state index in [9.17, 15) is 14.0 Å². The summed E-state index contributed by atoms with van der Waals surface area (Å²) in [6.45, 7) is 11.0. The number of rotatable bonds is 5. The Bertz CT molecular complexity index is 1390. The first-order chi connectivity index (χ1) is 17.5. The lowest BCUT2D eigenvalue weighted by Crippen LogP contribution is -2.42. The highest BCUT2D eigenvalue weighted by atomic mass is 19.1. The number of piperidine rings is 1. The first-order valence-corrected chi connectivity index (χ1v) is 11.9. The van der Waals surface area contributed by atoms with Crippen LogP contribution >= 0.6 is 0 Å². The third kappa shape index (κ3) is 5.38. The normalized spacial score (nSPS) is 14.5. The first kappa shape index (κ1) is 26.0. The summed E-state index contributed by atoms with van der Waals surface area (Å²) in [5.74, 6) is -1.39. The Hall–Kier alpha value is -4.07. The minimum Gasteiger partial charge on any atom is -0.373 e. The molecule has 1 aromatic carbocycles. The molecule has 0 radical (unpaired) electrons. The zero-order valence-corrected chi connectivity index (χ0v) is 21.2. The zero-order chi connectivity index (χ0) is 26.9. The van der Waals surface area contributed by atoms with E-state index >= 15 is 4.39 Å². The highest BCUT2D eigenvalue weighted by Crippen LogP contribution is 2.31. The molecule has 0 bridgehead atoms. The van der Waals surface area contributed by atoms with Gasteiger partial charge in [-0.3, -0.25) is 9.64 Å². The molecule has 4 rings (SSSR count). The molecular weight excluding hydrogens is 482 g/mol. The van der Waals surface area contributed by atoms with Crippen LogP contribution in [0.4, 0.5) is 13.6 Å². The summed E-state index contributed by atoms with van der Waals surface area (Å²) < 4.78 is 37.0. The Labute approximate surface area is 213 Å². The van der Waals surface area contributed by atoms with Crippen molar-refractivity contribution >= 4 is 23.0 Å². The standard InChI is InChI=1S/C26H28F2N6O3/c1-26(2,29-3)37-25(36)33-10-8-18(9-11-33)34-14-20(28)22-21(30-15-31-23(22)34)13-16-6-7-17(12-19(16)27)24(35)32(4)5/h6-7,12,14-15,18H,8-11,13H2,1-2,4-5H3. The van der Waals surface area contributed by atoms with Crippen LogP contribution in [0.1, 0.15) is 54.3 Å². The Morgan fingerprint density at radius 1 is 1.19 bits per heavy atom. The topological polar surface area (TPSA) is 84.9 Å². The summed E-state index contributed by atoms with van der Waals surface area (Å²) in [7, 11) is 3.18. The fourth-order valence-electron chi connectivity index (χ4n) is 4.40. The molecule has 3 aromatic rings. The van der Waals surface area contributed by atoms with E-state index in [0.717, 1.165) is 0 Å². The first-order valence-electron chi connectivity index (χ1n) is 11.9. The molecule has 0 spiro atoms. The van der Waals surface area contributed by atoms with E-state index in [-0.39, 0.29) is 34.9 Å². The second-order valence-electron chi connectivity index (χ2n) is 9.73. The number of aromatic nitrogens is 3. The third-order valence-corrected chi connectivity index (χ3v) is 6.43. The predicted octanol–water partition coefficient (Wildman–Crippen LogP) is 4.43. The molecule has 194 valence electrons. The number of likely N-dealkylation sites (tertiary alicyclic amines) is 1. The van der Waals surface area contributed by atoms with Crippen LogP contribution in [0, 0.1) is 18.2 Å². The summed E-state index contributed by atoms with van der Waals surface area (Å²) in [5.41, 5.74) is 0.0236. The van der Waals surface area contributed by atoms with Gasteiger partial charge in [0.15, 0.2) is 5.82 Å². The number of benzene rings is 1. The molecule has 2 aromatic heterocycles. The van der Waals surface area contributed by atoms with Crippen LogP contribution in [0.3, 0.4) is 0 Å². The number of nitrogens with zero attached hydrogens (tertiary/aromatic N) is 6. The minimum absolute atomic E-state index is 0.0311. The minimum atomic E-state index is -1.23. The second-order valence-corrected chi connectivity index (χ2v) is 9.73. The van der Waals surface area contributed by atoms with Gasteiger partial charge in [-0.2, -0.15) is 0 Å². The quantitative estimate of drug-likeness (QED) is 0.474. The third-order valence-electron chi connectivity index (χ3n) is 6.43. The lowest BCUT2D eigenvalue weighted by atomic mass is 10.0. The Morgan fingerprint density at radius 2 is 1.89 bits per heavy atom. The number of fused-ring (bicyclic) bond motifs is 1. The van der Waals surface area contributed by atoms with Crippen LogP contribution in [-0.2, 0) is 11.2 Å². The van der Waals surface area contributed by atoms with E-state index in [1.165, 1.54) is 43.4 Å². The fraction of sp³-hybridized carbons (Fsp3) is 0.423. The summed E-state index contributed by atoms with van der Waals surface area (Å²) >= 11 is 0. The summed E-state index contributed by atoms with van der Waals surface area (Å²) in [5, 5.41) is 0.219. The van der Waals surface area contributed by atoms with E-state index in [1.807, 2.05) is 0 Å². The van der Waals surface area contributed by atoms with Gasteiger partial charge in [0, 0.05) is 51.4 Å². The highest BCUT2D eigenvalue weighted by molar-refractivity contribution is 5.94. The van der Waals surface area contributed by atoms with Gasteiger partial charge in [-0.05, 0) is 30.5 Å². The molecule has 1 aliphatic rings. The van der Waals surface area contributed by atoms with Gasteiger partial charge in [0.1, 0.15) is 17.8 Å². The average molecular weight is 511 g/mol. The Morgan fingerprint density at radius 3 is 2.51 bits per heavy atom. The van der Waals surface area contributed by atoms with Crippen molar-refractivity contribution in [2.45, 2.75) is 44.9 Å². The number of carbonyl (C=O) groups excluding carboxylic acids is 2. The predicted molar refractivity (Wildman–Crippen MR) is 132 cm³/mol. The number of hydrogen-bond acceptors (Lipinski definition) is 5. The van der Waals surface area contributed by atoms with E-state index in [4.69, 9.17) is 11.3 Å². The van der Waals surface area contributed by atoms with E-state index in [2.05, 4.69) is 14.8 Å². The van der Waals surface area contributed by atoms with Crippen molar-refractivity contribution in [1.82, 2.24) is 24.3 Å².